The second kappa shape index (κ2) is 7.41. The predicted octanol–water partition coefficient (Wildman–Crippen LogP) is 0.906. The van der Waals surface area contributed by atoms with E-state index in [0.29, 0.717) is 24.3 Å². The molecule has 0 aromatic rings. The van der Waals surface area contributed by atoms with E-state index in [1.165, 1.54) is 17.7 Å². The van der Waals surface area contributed by atoms with E-state index in [-0.39, 0.29) is 12.1 Å². The Labute approximate surface area is 122 Å². The number of carbonyl (C=O) groups is 1. The van der Waals surface area contributed by atoms with Crippen molar-refractivity contribution in [3.05, 3.63) is 0 Å². The normalized spacial score (nSPS) is 32.3. The first kappa shape index (κ1) is 15.8. The molecule has 1 N–H and O–H groups in total. The lowest BCUT2D eigenvalue weighted by Gasteiger charge is -2.36. The predicted molar refractivity (Wildman–Crippen MR) is 77.6 cm³/mol. The molecule has 0 aromatic carbocycles. The topological polar surface area (TPSA) is 40.0 Å². The van der Waals surface area contributed by atoms with Gasteiger partial charge in [0, 0.05) is 0 Å². The Morgan fingerprint density at radius 2 is 2.00 bits per heavy atom. The van der Waals surface area contributed by atoms with Crippen molar-refractivity contribution in [2.45, 2.75) is 46.1 Å². The van der Waals surface area contributed by atoms with Crippen LogP contribution in [0.15, 0.2) is 0 Å². The van der Waals surface area contributed by atoms with Crippen molar-refractivity contribution < 1.29 is 19.2 Å². The van der Waals surface area contributed by atoms with Crippen LogP contribution in [0.3, 0.4) is 0 Å². The summed E-state index contributed by atoms with van der Waals surface area (Å²) in [4.78, 5) is 13.5. The number of nitrogens with one attached hydrogen (secondary N) is 1. The zero-order valence-electron chi connectivity index (χ0n) is 13.2. The molecule has 4 nitrogen and oxygen atoms in total. The second-order valence-corrected chi connectivity index (χ2v) is 6.89. The number of morpholine rings is 1. The van der Waals surface area contributed by atoms with Gasteiger partial charge in [0.05, 0.1) is 13.2 Å². The van der Waals surface area contributed by atoms with Gasteiger partial charge in [0.25, 0.3) is 0 Å². The van der Waals surface area contributed by atoms with Crippen LogP contribution < -0.4 is 4.90 Å². The first-order valence-electron chi connectivity index (χ1n) is 8.17. The lowest BCUT2D eigenvalue weighted by molar-refractivity contribution is -0.900. The highest BCUT2D eigenvalue weighted by atomic mass is 16.5. The van der Waals surface area contributed by atoms with Gasteiger partial charge in [0.15, 0.2) is 6.54 Å². The molecule has 1 saturated heterocycles. The zero-order valence-corrected chi connectivity index (χ0v) is 13.2. The summed E-state index contributed by atoms with van der Waals surface area (Å²) in [7, 11) is 0. The largest absolute Gasteiger partial charge is 0.458 e. The molecule has 0 amide bonds. The Morgan fingerprint density at radius 1 is 1.30 bits per heavy atom. The summed E-state index contributed by atoms with van der Waals surface area (Å²) in [6, 6.07) is 0. The number of esters is 1. The molecule has 0 bridgehead atoms. The molecule has 1 saturated carbocycles. The lowest BCUT2D eigenvalue weighted by atomic mass is 9.75. The molecule has 3 atom stereocenters. The maximum absolute atomic E-state index is 12.2. The maximum Gasteiger partial charge on any atom is 0.361 e. The van der Waals surface area contributed by atoms with Gasteiger partial charge >= 0.3 is 5.97 Å². The van der Waals surface area contributed by atoms with Crippen LogP contribution in [0.4, 0.5) is 0 Å². The number of hydrogen-bond acceptors (Lipinski definition) is 3. The standard InChI is InChI=1S/C16H29NO3/c1-12(2)14-5-4-13(3)10-15(14)20-16(18)11-17-6-8-19-9-7-17/h12-15H,4-11H2,1-3H3/p+1/t13-,14+,15-/m1/s1. The number of rotatable bonds is 4. The monoisotopic (exact) mass is 284 g/mol. The van der Waals surface area contributed by atoms with Crippen molar-refractivity contribution in [2.24, 2.45) is 17.8 Å². The number of hydrogen-bond donors (Lipinski definition) is 1. The van der Waals surface area contributed by atoms with Crippen molar-refractivity contribution >= 4 is 5.97 Å². The molecule has 0 unspecified atom stereocenters. The van der Waals surface area contributed by atoms with Crippen molar-refractivity contribution in [3.8, 4) is 0 Å². The summed E-state index contributed by atoms with van der Waals surface area (Å²) in [5, 5.41) is 0. The molecule has 4 heteroatoms. The summed E-state index contributed by atoms with van der Waals surface area (Å²) in [6.45, 7) is 10.6. The Bertz CT molecular complexity index is 313. The van der Waals surface area contributed by atoms with Crippen molar-refractivity contribution in [3.63, 3.8) is 0 Å². The van der Waals surface area contributed by atoms with E-state index in [4.69, 9.17) is 9.47 Å². The molecule has 0 radical (unpaired) electrons. The van der Waals surface area contributed by atoms with E-state index < -0.39 is 0 Å². The number of quaternary nitrogens is 1. The highest BCUT2D eigenvalue weighted by Crippen LogP contribution is 2.35. The van der Waals surface area contributed by atoms with E-state index in [1.54, 1.807) is 0 Å². The highest BCUT2D eigenvalue weighted by Gasteiger charge is 2.34. The Hall–Kier alpha value is -0.610. The van der Waals surface area contributed by atoms with E-state index >= 15 is 0 Å². The van der Waals surface area contributed by atoms with Gasteiger partial charge in [-0.2, -0.15) is 0 Å². The molecule has 0 spiro atoms. The molecule has 2 fully saturated rings. The molecular weight excluding hydrogens is 254 g/mol. The van der Waals surface area contributed by atoms with Gasteiger partial charge in [-0.25, -0.2) is 4.79 Å². The molecule has 20 heavy (non-hydrogen) atoms. The van der Waals surface area contributed by atoms with Gasteiger partial charge in [-0.1, -0.05) is 27.2 Å². The summed E-state index contributed by atoms with van der Waals surface area (Å²) in [5.74, 6) is 1.79. The summed E-state index contributed by atoms with van der Waals surface area (Å²) < 4.78 is 11.2. The summed E-state index contributed by atoms with van der Waals surface area (Å²) in [6.07, 6.45) is 3.63. The highest BCUT2D eigenvalue weighted by molar-refractivity contribution is 5.70. The smallest absolute Gasteiger partial charge is 0.361 e. The van der Waals surface area contributed by atoms with Gasteiger partial charge in [-0.05, 0) is 30.6 Å². The van der Waals surface area contributed by atoms with E-state index in [2.05, 4.69) is 20.8 Å². The first-order chi connectivity index (χ1) is 9.56. The zero-order chi connectivity index (χ0) is 14.5. The first-order valence-corrected chi connectivity index (χ1v) is 8.17. The summed E-state index contributed by atoms with van der Waals surface area (Å²) >= 11 is 0. The number of carbonyl (C=O) groups excluding carboxylic acids is 1. The molecule has 1 aliphatic heterocycles. The van der Waals surface area contributed by atoms with Crippen LogP contribution in [0.2, 0.25) is 0 Å². The minimum atomic E-state index is -0.0216. The van der Waals surface area contributed by atoms with Crippen LogP contribution in [0, 0.1) is 17.8 Å². The fraction of sp³-hybridized carbons (Fsp3) is 0.938. The molecule has 0 aromatic heterocycles. The molecule has 116 valence electrons. The second-order valence-electron chi connectivity index (χ2n) is 6.89. The van der Waals surface area contributed by atoms with E-state index in [0.717, 1.165) is 32.7 Å². The van der Waals surface area contributed by atoms with Crippen molar-refractivity contribution in [2.75, 3.05) is 32.8 Å². The van der Waals surface area contributed by atoms with Crippen molar-refractivity contribution in [1.82, 2.24) is 0 Å². The Balaban J connectivity index is 1.83. The fourth-order valence-corrected chi connectivity index (χ4v) is 3.50. The average molecular weight is 284 g/mol. The SMILES string of the molecule is CC(C)[C@@H]1CC[C@@H](C)C[C@H]1OC(=O)C[NH+]1CCOCC1. The van der Waals surface area contributed by atoms with Crippen LogP contribution in [0.1, 0.15) is 40.0 Å². The van der Waals surface area contributed by atoms with Crippen molar-refractivity contribution in [1.29, 1.82) is 0 Å². The van der Waals surface area contributed by atoms with Gasteiger partial charge < -0.3 is 14.4 Å². The van der Waals surface area contributed by atoms with Crippen LogP contribution in [-0.2, 0) is 14.3 Å². The minimum absolute atomic E-state index is 0.0216. The molecule has 2 aliphatic rings. The van der Waals surface area contributed by atoms with Crippen LogP contribution in [0.25, 0.3) is 0 Å². The van der Waals surface area contributed by atoms with E-state index in [9.17, 15) is 4.79 Å². The third-order valence-electron chi connectivity index (χ3n) is 4.84. The van der Waals surface area contributed by atoms with Gasteiger partial charge in [0.2, 0.25) is 0 Å². The van der Waals surface area contributed by atoms with Crippen LogP contribution >= 0.6 is 0 Å². The molecule has 2 rings (SSSR count). The van der Waals surface area contributed by atoms with Gasteiger partial charge in [-0.15, -0.1) is 0 Å². The Kier molecular flexibility index (Phi) is 5.85. The maximum atomic E-state index is 12.2. The summed E-state index contributed by atoms with van der Waals surface area (Å²) in [5.41, 5.74) is 0. The Morgan fingerprint density at radius 3 is 2.65 bits per heavy atom. The average Bonchev–Trinajstić information content (AvgIpc) is 2.39. The van der Waals surface area contributed by atoms with E-state index in [1.807, 2.05) is 0 Å². The quantitative estimate of drug-likeness (QED) is 0.780. The van der Waals surface area contributed by atoms with Crippen LogP contribution in [0.5, 0.6) is 0 Å². The third kappa shape index (κ3) is 4.45. The molecule has 1 heterocycles. The lowest BCUT2D eigenvalue weighted by Crippen LogP contribution is -3.15. The fourth-order valence-electron chi connectivity index (χ4n) is 3.50. The van der Waals surface area contributed by atoms with Gasteiger partial charge in [-0.3, -0.25) is 0 Å². The molecule has 1 aliphatic carbocycles. The van der Waals surface area contributed by atoms with Crippen LogP contribution in [-0.4, -0.2) is 44.9 Å². The minimum Gasteiger partial charge on any atom is -0.458 e. The van der Waals surface area contributed by atoms with Gasteiger partial charge in [0.1, 0.15) is 19.2 Å². The number of ether oxygens (including phenoxy) is 2. The molecular formula is C16H30NO3+. The third-order valence-corrected chi connectivity index (χ3v) is 4.84.